The molecule has 2 heterocycles. The molecule has 1 amide bonds. The van der Waals surface area contributed by atoms with Crippen molar-refractivity contribution in [3.05, 3.63) is 30.0 Å². The molecule has 2 aromatic rings. The van der Waals surface area contributed by atoms with Crippen molar-refractivity contribution in [2.24, 2.45) is 0 Å². The number of nitrogens with one attached hydrogen (secondary N) is 1. The summed E-state index contributed by atoms with van der Waals surface area (Å²) in [5, 5.41) is 16.7. The van der Waals surface area contributed by atoms with Crippen LogP contribution >= 0.6 is 0 Å². The van der Waals surface area contributed by atoms with Crippen LogP contribution in [0.1, 0.15) is 18.2 Å². The summed E-state index contributed by atoms with van der Waals surface area (Å²) >= 11 is 0. The van der Waals surface area contributed by atoms with Crippen molar-refractivity contribution < 1.29 is 14.6 Å². The van der Waals surface area contributed by atoms with E-state index in [1.54, 1.807) is 0 Å². The summed E-state index contributed by atoms with van der Waals surface area (Å²) in [6.07, 6.45) is -0.445. The molecule has 0 fully saturated rings. The van der Waals surface area contributed by atoms with Gasteiger partial charge in [-0.15, -0.1) is 0 Å². The Labute approximate surface area is 110 Å². The van der Waals surface area contributed by atoms with Gasteiger partial charge in [0.15, 0.2) is 0 Å². The SMILES string of the molecule is O=C(O)NCC1OCCCn2nc3ccccc3c21. The fourth-order valence-electron chi connectivity index (χ4n) is 2.46. The second-order valence-electron chi connectivity index (χ2n) is 4.52. The van der Waals surface area contributed by atoms with Crippen LogP contribution in [0.3, 0.4) is 0 Å². The predicted octanol–water partition coefficient (Wildman–Crippen LogP) is 1.77. The van der Waals surface area contributed by atoms with Crippen molar-refractivity contribution in [2.45, 2.75) is 19.1 Å². The minimum atomic E-state index is -1.04. The number of ether oxygens (including phenoxy) is 1. The van der Waals surface area contributed by atoms with E-state index in [4.69, 9.17) is 9.84 Å². The maximum absolute atomic E-state index is 10.7. The summed E-state index contributed by atoms with van der Waals surface area (Å²) < 4.78 is 7.70. The Balaban J connectivity index is 2.02. The molecule has 3 rings (SSSR count). The van der Waals surface area contributed by atoms with E-state index in [0.717, 1.165) is 29.6 Å². The first-order chi connectivity index (χ1) is 9.25. The number of carbonyl (C=O) groups is 1. The lowest BCUT2D eigenvalue weighted by molar-refractivity contribution is 0.0566. The molecular formula is C13H15N3O3. The molecule has 1 aliphatic heterocycles. The third kappa shape index (κ3) is 2.26. The summed E-state index contributed by atoms with van der Waals surface area (Å²) in [5.41, 5.74) is 1.88. The molecule has 1 aromatic carbocycles. The summed E-state index contributed by atoms with van der Waals surface area (Å²) in [7, 11) is 0. The van der Waals surface area contributed by atoms with Gasteiger partial charge in [0.2, 0.25) is 0 Å². The van der Waals surface area contributed by atoms with Crippen molar-refractivity contribution in [1.29, 1.82) is 0 Å². The lowest BCUT2D eigenvalue weighted by Crippen LogP contribution is -2.28. The van der Waals surface area contributed by atoms with E-state index in [2.05, 4.69) is 10.4 Å². The molecule has 0 bridgehead atoms. The molecule has 0 spiro atoms. The van der Waals surface area contributed by atoms with E-state index in [0.29, 0.717) is 6.61 Å². The van der Waals surface area contributed by atoms with Crippen LogP contribution in [-0.4, -0.2) is 34.1 Å². The molecule has 6 nitrogen and oxygen atoms in total. The van der Waals surface area contributed by atoms with Gasteiger partial charge in [-0.05, 0) is 12.5 Å². The quantitative estimate of drug-likeness (QED) is 0.863. The number of fused-ring (bicyclic) bond motifs is 3. The Kier molecular flexibility index (Phi) is 3.08. The van der Waals surface area contributed by atoms with E-state index >= 15 is 0 Å². The largest absolute Gasteiger partial charge is 0.465 e. The molecule has 100 valence electrons. The molecule has 6 heteroatoms. The molecule has 1 aromatic heterocycles. The van der Waals surface area contributed by atoms with Gasteiger partial charge in [0, 0.05) is 18.5 Å². The number of carboxylic acid groups (broad SMARTS) is 1. The van der Waals surface area contributed by atoms with Crippen LogP contribution in [0.15, 0.2) is 24.3 Å². The van der Waals surface area contributed by atoms with Gasteiger partial charge in [-0.2, -0.15) is 5.10 Å². The highest BCUT2D eigenvalue weighted by atomic mass is 16.5. The first-order valence-corrected chi connectivity index (χ1v) is 6.29. The second kappa shape index (κ2) is 4.89. The van der Waals surface area contributed by atoms with Gasteiger partial charge in [-0.25, -0.2) is 4.79 Å². The second-order valence-corrected chi connectivity index (χ2v) is 4.52. The number of nitrogens with zero attached hydrogens (tertiary/aromatic N) is 2. The zero-order valence-corrected chi connectivity index (χ0v) is 10.4. The molecule has 0 radical (unpaired) electrons. The first kappa shape index (κ1) is 12.0. The van der Waals surface area contributed by atoms with Crippen molar-refractivity contribution in [3.63, 3.8) is 0 Å². The summed E-state index contributed by atoms with van der Waals surface area (Å²) in [4.78, 5) is 10.7. The highest BCUT2D eigenvalue weighted by molar-refractivity contribution is 5.82. The minimum absolute atomic E-state index is 0.241. The van der Waals surface area contributed by atoms with Crippen molar-refractivity contribution in [1.82, 2.24) is 15.1 Å². The summed E-state index contributed by atoms with van der Waals surface area (Å²) in [6.45, 7) is 1.66. The minimum Gasteiger partial charge on any atom is -0.465 e. The monoisotopic (exact) mass is 261 g/mol. The zero-order valence-electron chi connectivity index (χ0n) is 10.4. The molecule has 0 saturated heterocycles. The average molecular weight is 261 g/mol. The van der Waals surface area contributed by atoms with Crippen LogP contribution in [0.2, 0.25) is 0 Å². The predicted molar refractivity (Wildman–Crippen MR) is 69.1 cm³/mol. The van der Waals surface area contributed by atoms with Crippen molar-refractivity contribution in [2.75, 3.05) is 13.2 Å². The Morgan fingerprint density at radius 1 is 1.53 bits per heavy atom. The molecule has 2 N–H and O–H groups in total. The average Bonchev–Trinajstić information content (AvgIpc) is 2.64. The number of hydrogen-bond donors (Lipinski definition) is 2. The van der Waals surface area contributed by atoms with Crippen LogP contribution in [0.4, 0.5) is 4.79 Å². The summed E-state index contributed by atoms with van der Waals surface area (Å²) in [6, 6.07) is 7.85. The molecule has 0 saturated carbocycles. The van der Waals surface area contributed by atoms with Crippen LogP contribution < -0.4 is 5.32 Å². The molecular weight excluding hydrogens is 246 g/mol. The topological polar surface area (TPSA) is 76.4 Å². The van der Waals surface area contributed by atoms with Crippen LogP contribution in [0.5, 0.6) is 0 Å². The normalized spacial score (nSPS) is 18.8. The maximum atomic E-state index is 10.7. The van der Waals surface area contributed by atoms with E-state index in [-0.39, 0.29) is 12.6 Å². The van der Waals surface area contributed by atoms with Gasteiger partial charge in [0.25, 0.3) is 0 Å². The fourth-order valence-corrected chi connectivity index (χ4v) is 2.46. The van der Waals surface area contributed by atoms with E-state index in [9.17, 15) is 4.79 Å². The Hall–Kier alpha value is -2.08. The number of aromatic nitrogens is 2. The third-order valence-electron chi connectivity index (χ3n) is 3.26. The molecule has 1 aliphatic rings. The molecule has 19 heavy (non-hydrogen) atoms. The molecule has 1 atom stereocenters. The highest BCUT2D eigenvalue weighted by Gasteiger charge is 2.24. The fraction of sp³-hybridized carbons (Fsp3) is 0.385. The molecule has 1 unspecified atom stereocenters. The lowest BCUT2D eigenvalue weighted by atomic mass is 10.1. The maximum Gasteiger partial charge on any atom is 0.404 e. The first-order valence-electron chi connectivity index (χ1n) is 6.29. The van der Waals surface area contributed by atoms with Crippen LogP contribution in [0.25, 0.3) is 10.9 Å². The Bertz CT molecular complexity index is 608. The number of aryl methyl sites for hydroxylation is 1. The van der Waals surface area contributed by atoms with E-state index in [1.807, 2.05) is 28.9 Å². The van der Waals surface area contributed by atoms with Gasteiger partial charge in [0.1, 0.15) is 6.10 Å². The zero-order chi connectivity index (χ0) is 13.2. The van der Waals surface area contributed by atoms with Crippen molar-refractivity contribution in [3.8, 4) is 0 Å². The van der Waals surface area contributed by atoms with E-state index in [1.165, 1.54) is 0 Å². The Morgan fingerprint density at radius 2 is 2.37 bits per heavy atom. The number of rotatable bonds is 2. The van der Waals surface area contributed by atoms with Gasteiger partial charge in [0.05, 0.1) is 17.8 Å². The number of hydrogen-bond acceptors (Lipinski definition) is 3. The summed E-state index contributed by atoms with van der Waals surface area (Å²) in [5.74, 6) is 0. The van der Waals surface area contributed by atoms with Gasteiger partial charge in [-0.1, -0.05) is 18.2 Å². The third-order valence-corrected chi connectivity index (χ3v) is 3.26. The number of benzene rings is 1. The van der Waals surface area contributed by atoms with Crippen LogP contribution in [-0.2, 0) is 11.3 Å². The van der Waals surface area contributed by atoms with Gasteiger partial charge >= 0.3 is 6.09 Å². The lowest BCUT2D eigenvalue weighted by Gasteiger charge is -2.16. The van der Waals surface area contributed by atoms with Gasteiger partial charge in [-0.3, -0.25) is 4.68 Å². The molecule has 0 aliphatic carbocycles. The van der Waals surface area contributed by atoms with Crippen molar-refractivity contribution >= 4 is 17.0 Å². The standard InChI is InChI=1S/C13H15N3O3/c17-13(18)14-8-11-12-9-4-1-2-5-10(9)15-16(12)6-3-7-19-11/h1-2,4-5,11,14H,3,6-8H2,(H,17,18). The highest BCUT2D eigenvalue weighted by Crippen LogP contribution is 2.28. The van der Waals surface area contributed by atoms with Gasteiger partial charge < -0.3 is 15.2 Å². The van der Waals surface area contributed by atoms with Crippen LogP contribution in [0, 0.1) is 0 Å². The smallest absolute Gasteiger partial charge is 0.404 e. The van der Waals surface area contributed by atoms with E-state index < -0.39 is 6.09 Å². The Morgan fingerprint density at radius 3 is 3.21 bits per heavy atom. The number of amides is 1.